The number of nitrogen functional groups attached to an aromatic ring is 1. The van der Waals surface area contributed by atoms with Crippen molar-refractivity contribution >= 4 is 17.4 Å². The zero-order valence-corrected chi connectivity index (χ0v) is 14.4. The van der Waals surface area contributed by atoms with E-state index in [9.17, 15) is 4.79 Å². The van der Waals surface area contributed by atoms with Crippen LogP contribution in [0.5, 0.6) is 11.6 Å². The third-order valence-electron chi connectivity index (χ3n) is 3.78. The SMILES string of the molecule is Cc1ccc(Oc2ncnc(NNC(=O)c3ccncc3)c2N)cc1C. The molecule has 0 aliphatic carbocycles. The van der Waals surface area contributed by atoms with Crippen LogP contribution in [0.3, 0.4) is 0 Å². The van der Waals surface area contributed by atoms with Crippen molar-refractivity contribution in [3.05, 3.63) is 65.7 Å². The minimum Gasteiger partial charge on any atom is -0.437 e. The summed E-state index contributed by atoms with van der Waals surface area (Å²) in [6.45, 7) is 4.01. The molecule has 8 nitrogen and oxygen atoms in total. The third kappa shape index (κ3) is 3.86. The molecule has 0 spiro atoms. The summed E-state index contributed by atoms with van der Waals surface area (Å²) in [6, 6.07) is 8.87. The standard InChI is InChI=1S/C18H18N6O2/c1-11-3-4-14(9-12(11)2)26-18-15(19)16(21-10-22-18)23-24-17(25)13-5-7-20-8-6-13/h3-10H,19H2,1-2H3,(H,24,25)(H,21,22,23). The highest BCUT2D eigenvalue weighted by molar-refractivity contribution is 5.94. The van der Waals surface area contributed by atoms with Crippen LogP contribution in [-0.4, -0.2) is 20.9 Å². The number of aromatic nitrogens is 3. The first kappa shape index (κ1) is 17.2. The van der Waals surface area contributed by atoms with E-state index in [1.807, 2.05) is 32.0 Å². The maximum atomic E-state index is 12.1. The van der Waals surface area contributed by atoms with Gasteiger partial charge in [-0.15, -0.1) is 0 Å². The molecule has 0 aliphatic rings. The Hall–Kier alpha value is -3.68. The van der Waals surface area contributed by atoms with Crippen LogP contribution in [0.2, 0.25) is 0 Å². The van der Waals surface area contributed by atoms with E-state index in [2.05, 4.69) is 25.8 Å². The number of carbonyl (C=O) groups is 1. The van der Waals surface area contributed by atoms with Gasteiger partial charge in [0.1, 0.15) is 17.8 Å². The second-order valence-electron chi connectivity index (χ2n) is 5.60. The van der Waals surface area contributed by atoms with Gasteiger partial charge in [0.25, 0.3) is 5.91 Å². The first-order valence-electron chi connectivity index (χ1n) is 7.86. The highest BCUT2D eigenvalue weighted by Gasteiger charge is 2.12. The molecule has 3 aromatic rings. The molecule has 2 heterocycles. The molecule has 0 bridgehead atoms. The minimum absolute atomic E-state index is 0.181. The summed E-state index contributed by atoms with van der Waals surface area (Å²) in [5.41, 5.74) is 14.1. The lowest BCUT2D eigenvalue weighted by molar-refractivity contribution is 0.0962. The lowest BCUT2D eigenvalue weighted by Gasteiger charge is -2.13. The van der Waals surface area contributed by atoms with Crippen LogP contribution in [0.4, 0.5) is 11.5 Å². The van der Waals surface area contributed by atoms with Crippen LogP contribution in [0.1, 0.15) is 21.5 Å². The Morgan fingerprint density at radius 1 is 1.08 bits per heavy atom. The zero-order chi connectivity index (χ0) is 18.5. The second kappa shape index (κ2) is 7.47. The van der Waals surface area contributed by atoms with Crippen LogP contribution >= 0.6 is 0 Å². The molecule has 4 N–H and O–H groups in total. The molecular weight excluding hydrogens is 332 g/mol. The van der Waals surface area contributed by atoms with Crippen LogP contribution in [0.25, 0.3) is 0 Å². The smallest absolute Gasteiger partial charge is 0.269 e. The van der Waals surface area contributed by atoms with E-state index < -0.39 is 0 Å². The summed E-state index contributed by atoms with van der Waals surface area (Å²) < 4.78 is 5.74. The number of anilines is 2. The van der Waals surface area contributed by atoms with Gasteiger partial charge in [-0.05, 0) is 49.2 Å². The number of hydrogen-bond donors (Lipinski definition) is 3. The molecule has 8 heteroatoms. The Bertz CT molecular complexity index is 930. The number of rotatable bonds is 5. The zero-order valence-electron chi connectivity index (χ0n) is 14.4. The average Bonchev–Trinajstić information content (AvgIpc) is 2.66. The average molecular weight is 350 g/mol. The molecule has 0 fully saturated rings. The number of nitrogens with two attached hydrogens (primary N) is 1. The van der Waals surface area contributed by atoms with Crippen molar-refractivity contribution in [2.45, 2.75) is 13.8 Å². The van der Waals surface area contributed by atoms with Gasteiger partial charge in [-0.2, -0.15) is 4.98 Å². The monoisotopic (exact) mass is 350 g/mol. The highest BCUT2D eigenvalue weighted by Crippen LogP contribution is 2.29. The van der Waals surface area contributed by atoms with Gasteiger partial charge in [-0.1, -0.05) is 6.07 Å². The maximum absolute atomic E-state index is 12.1. The number of pyridine rings is 1. The van der Waals surface area contributed by atoms with Gasteiger partial charge in [0, 0.05) is 18.0 Å². The van der Waals surface area contributed by atoms with Gasteiger partial charge < -0.3 is 10.5 Å². The van der Waals surface area contributed by atoms with Crippen LogP contribution in [0, 0.1) is 13.8 Å². The number of hydrogen-bond acceptors (Lipinski definition) is 7. The number of nitrogens with one attached hydrogen (secondary N) is 2. The molecule has 132 valence electrons. The summed E-state index contributed by atoms with van der Waals surface area (Å²) in [4.78, 5) is 24.0. The number of hydrazine groups is 1. The van der Waals surface area contributed by atoms with Gasteiger partial charge in [-0.3, -0.25) is 20.6 Å². The highest BCUT2D eigenvalue weighted by atomic mass is 16.5. The first-order valence-corrected chi connectivity index (χ1v) is 7.86. The van der Waals surface area contributed by atoms with E-state index >= 15 is 0 Å². The summed E-state index contributed by atoms with van der Waals surface area (Å²) in [5.74, 6) is 0.706. The van der Waals surface area contributed by atoms with Crippen molar-refractivity contribution in [1.82, 2.24) is 20.4 Å². The Labute approximate surface area is 150 Å². The van der Waals surface area contributed by atoms with Crippen LogP contribution in [-0.2, 0) is 0 Å². The Morgan fingerprint density at radius 2 is 1.85 bits per heavy atom. The maximum Gasteiger partial charge on any atom is 0.269 e. The van der Waals surface area contributed by atoms with Crippen molar-refractivity contribution in [2.24, 2.45) is 0 Å². The van der Waals surface area contributed by atoms with Crippen molar-refractivity contribution in [3.63, 3.8) is 0 Å². The Kier molecular flexibility index (Phi) is 4.93. The van der Waals surface area contributed by atoms with E-state index in [-0.39, 0.29) is 23.3 Å². The lowest BCUT2D eigenvalue weighted by Crippen LogP contribution is -2.30. The number of carbonyl (C=O) groups excluding carboxylic acids is 1. The molecular formula is C18H18N6O2. The Balaban J connectivity index is 1.72. The summed E-state index contributed by atoms with van der Waals surface area (Å²) in [5, 5.41) is 0. The van der Waals surface area contributed by atoms with Crippen LogP contribution < -0.4 is 21.3 Å². The number of amides is 1. The molecule has 0 aliphatic heterocycles. The lowest BCUT2D eigenvalue weighted by atomic mass is 10.1. The van der Waals surface area contributed by atoms with E-state index in [4.69, 9.17) is 10.5 Å². The van der Waals surface area contributed by atoms with E-state index in [0.717, 1.165) is 11.1 Å². The largest absolute Gasteiger partial charge is 0.437 e. The van der Waals surface area contributed by atoms with Crippen molar-refractivity contribution in [3.8, 4) is 11.6 Å². The molecule has 1 amide bonds. The van der Waals surface area contributed by atoms with Crippen LogP contribution in [0.15, 0.2) is 49.1 Å². The van der Waals surface area contributed by atoms with Crippen molar-refractivity contribution in [2.75, 3.05) is 11.2 Å². The van der Waals surface area contributed by atoms with Gasteiger partial charge in [0.05, 0.1) is 0 Å². The summed E-state index contributed by atoms with van der Waals surface area (Å²) in [6.07, 6.45) is 4.36. The molecule has 0 radical (unpaired) electrons. The molecule has 26 heavy (non-hydrogen) atoms. The van der Waals surface area contributed by atoms with Crippen molar-refractivity contribution in [1.29, 1.82) is 0 Å². The predicted molar refractivity (Wildman–Crippen MR) is 97.8 cm³/mol. The molecule has 1 aromatic carbocycles. The number of benzene rings is 1. The van der Waals surface area contributed by atoms with E-state index in [1.165, 1.54) is 18.7 Å². The fourth-order valence-corrected chi connectivity index (χ4v) is 2.14. The minimum atomic E-state index is -0.345. The van der Waals surface area contributed by atoms with Gasteiger partial charge in [0.15, 0.2) is 5.82 Å². The van der Waals surface area contributed by atoms with Gasteiger partial charge >= 0.3 is 0 Å². The van der Waals surface area contributed by atoms with Crippen molar-refractivity contribution < 1.29 is 9.53 Å². The third-order valence-corrected chi connectivity index (χ3v) is 3.78. The summed E-state index contributed by atoms with van der Waals surface area (Å²) in [7, 11) is 0. The number of ether oxygens (including phenoxy) is 1. The molecule has 0 saturated heterocycles. The number of nitrogens with zero attached hydrogens (tertiary/aromatic N) is 3. The second-order valence-corrected chi connectivity index (χ2v) is 5.60. The molecule has 2 aromatic heterocycles. The quantitative estimate of drug-likeness (QED) is 0.606. The predicted octanol–water partition coefficient (Wildman–Crippen LogP) is 2.62. The summed E-state index contributed by atoms with van der Waals surface area (Å²) >= 11 is 0. The first-order chi connectivity index (χ1) is 12.5. The normalized spacial score (nSPS) is 10.2. The van der Waals surface area contributed by atoms with E-state index in [1.54, 1.807) is 12.1 Å². The van der Waals surface area contributed by atoms with E-state index in [0.29, 0.717) is 11.3 Å². The van der Waals surface area contributed by atoms with Gasteiger partial charge in [0.2, 0.25) is 5.88 Å². The molecule has 3 rings (SSSR count). The van der Waals surface area contributed by atoms with Gasteiger partial charge in [-0.25, -0.2) is 4.98 Å². The molecule has 0 saturated carbocycles. The molecule has 0 unspecified atom stereocenters. The molecule has 0 atom stereocenters. The topological polar surface area (TPSA) is 115 Å². The fourth-order valence-electron chi connectivity index (χ4n) is 2.14. The Morgan fingerprint density at radius 3 is 2.58 bits per heavy atom. The number of aryl methyl sites for hydroxylation is 2. The fraction of sp³-hybridized carbons (Fsp3) is 0.111.